The highest BCUT2D eigenvalue weighted by molar-refractivity contribution is 5.94. The number of nitrogens with one attached hydrogen (secondary N) is 2. The van der Waals surface area contributed by atoms with Crippen molar-refractivity contribution in [3.8, 4) is 0 Å². The van der Waals surface area contributed by atoms with Crippen LogP contribution in [-0.4, -0.2) is 11.8 Å². The second-order valence-electron chi connectivity index (χ2n) is 6.60. The molecule has 0 unspecified atom stereocenters. The number of amides is 2. The molecule has 2 aliphatic carbocycles. The van der Waals surface area contributed by atoms with Crippen molar-refractivity contribution in [2.24, 2.45) is 11.8 Å². The number of hydrogen-bond donors (Lipinski definition) is 2. The van der Waals surface area contributed by atoms with Crippen molar-refractivity contribution in [1.29, 1.82) is 0 Å². The van der Waals surface area contributed by atoms with E-state index >= 15 is 0 Å². The summed E-state index contributed by atoms with van der Waals surface area (Å²) in [6.07, 6.45) is 6.39. The molecule has 2 N–H and O–H groups in total. The molecule has 4 heteroatoms. The Morgan fingerprint density at radius 1 is 0.955 bits per heavy atom. The quantitative estimate of drug-likeness (QED) is 0.875. The third-order valence-electron chi connectivity index (χ3n) is 4.71. The van der Waals surface area contributed by atoms with Crippen molar-refractivity contribution in [1.82, 2.24) is 5.32 Å². The third kappa shape index (κ3) is 3.67. The standard InChI is InChI=1S/C18H24N2O2/c1-12(19-17(21)14-4-2-3-5-14)13-8-10-16(11-9-13)20-18(22)15-6-7-15/h8-12,14-15H,2-7H2,1H3,(H,19,21)(H,20,22)/t12-/m1/s1. The molecule has 0 aromatic heterocycles. The Hall–Kier alpha value is -1.84. The van der Waals surface area contributed by atoms with Gasteiger partial charge in [-0.2, -0.15) is 0 Å². The van der Waals surface area contributed by atoms with Gasteiger partial charge >= 0.3 is 0 Å². The van der Waals surface area contributed by atoms with Gasteiger partial charge in [0.1, 0.15) is 0 Å². The van der Waals surface area contributed by atoms with Gasteiger partial charge in [-0.25, -0.2) is 0 Å². The highest BCUT2D eigenvalue weighted by Gasteiger charge is 2.29. The largest absolute Gasteiger partial charge is 0.349 e. The topological polar surface area (TPSA) is 58.2 Å². The minimum Gasteiger partial charge on any atom is -0.349 e. The fourth-order valence-corrected chi connectivity index (χ4v) is 3.05. The lowest BCUT2D eigenvalue weighted by molar-refractivity contribution is -0.125. The maximum atomic E-state index is 12.2. The number of anilines is 1. The van der Waals surface area contributed by atoms with Gasteiger partial charge in [0.05, 0.1) is 6.04 Å². The number of rotatable bonds is 5. The molecular weight excluding hydrogens is 276 g/mol. The molecule has 2 saturated carbocycles. The van der Waals surface area contributed by atoms with E-state index in [1.165, 1.54) is 12.8 Å². The Labute approximate surface area is 131 Å². The van der Waals surface area contributed by atoms with Crippen LogP contribution < -0.4 is 10.6 Å². The van der Waals surface area contributed by atoms with Crippen LogP contribution >= 0.6 is 0 Å². The summed E-state index contributed by atoms with van der Waals surface area (Å²) in [5, 5.41) is 6.03. The average Bonchev–Trinajstić information content (AvgIpc) is 3.22. The minimum absolute atomic E-state index is 0.00119. The van der Waals surface area contributed by atoms with Gasteiger partial charge in [-0.3, -0.25) is 9.59 Å². The van der Waals surface area contributed by atoms with E-state index in [4.69, 9.17) is 0 Å². The van der Waals surface area contributed by atoms with Crippen molar-refractivity contribution < 1.29 is 9.59 Å². The van der Waals surface area contributed by atoms with Gasteiger partial charge in [-0.1, -0.05) is 25.0 Å². The smallest absolute Gasteiger partial charge is 0.227 e. The predicted octanol–water partition coefficient (Wildman–Crippen LogP) is 3.40. The van der Waals surface area contributed by atoms with Crippen LogP contribution in [0.25, 0.3) is 0 Å². The summed E-state index contributed by atoms with van der Waals surface area (Å²) in [5.41, 5.74) is 1.89. The zero-order valence-electron chi connectivity index (χ0n) is 13.1. The molecule has 0 bridgehead atoms. The van der Waals surface area contributed by atoms with Gasteiger partial charge in [0.15, 0.2) is 0 Å². The van der Waals surface area contributed by atoms with Gasteiger partial charge in [0.2, 0.25) is 11.8 Å². The van der Waals surface area contributed by atoms with E-state index in [9.17, 15) is 9.59 Å². The molecule has 118 valence electrons. The van der Waals surface area contributed by atoms with Crippen LogP contribution in [0, 0.1) is 11.8 Å². The van der Waals surface area contributed by atoms with Crippen LogP contribution in [0.4, 0.5) is 5.69 Å². The summed E-state index contributed by atoms with van der Waals surface area (Å²) in [4.78, 5) is 23.9. The van der Waals surface area contributed by atoms with Crippen molar-refractivity contribution in [3.63, 3.8) is 0 Å². The molecule has 2 aliphatic rings. The Kier molecular flexibility index (Phi) is 4.46. The highest BCUT2D eigenvalue weighted by atomic mass is 16.2. The molecule has 1 aromatic rings. The fourth-order valence-electron chi connectivity index (χ4n) is 3.05. The summed E-state index contributed by atoms with van der Waals surface area (Å²) in [7, 11) is 0. The average molecular weight is 300 g/mol. The fraction of sp³-hybridized carbons (Fsp3) is 0.556. The summed E-state index contributed by atoms with van der Waals surface area (Å²) in [6, 6.07) is 7.77. The molecule has 1 atom stereocenters. The molecule has 3 rings (SSSR count). The molecule has 0 radical (unpaired) electrons. The Morgan fingerprint density at radius 3 is 2.14 bits per heavy atom. The monoisotopic (exact) mass is 300 g/mol. The zero-order chi connectivity index (χ0) is 15.5. The Balaban J connectivity index is 1.54. The molecule has 2 amide bonds. The van der Waals surface area contributed by atoms with E-state index in [1.54, 1.807) is 0 Å². The molecule has 1 aromatic carbocycles. The van der Waals surface area contributed by atoms with E-state index in [2.05, 4.69) is 10.6 Å². The molecule has 0 spiro atoms. The first-order valence-corrected chi connectivity index (χ1v) is 8.34. The first-order chi connectivity index (χ1) is 10.6. The highest BCUT2D eigenvalue weighted by Crippen LogP contribution is 2.30. The molecule has 0 aliphatic heterocycles. The molecule has 4 nitrogen and oxygen atoms in total. The maximum absolute atomic E-state index is 12.2. The SMILES string of the molecule is C[C@@H](NC(=O)C1CCCC1)c1ccc(NC(=O)C2CC2)cc1. The van der Waals surface area contributed by atoms with Crippen LogP contribution in [0.1, 0.15) is 57.1 Å². The summed E-state index contributed by atoms with van der Waals surface area (Å²) >= 11 is 0. The molecular formula is C18H24N2O2. The number of carbonyl (C=O) groups is 2. The van der Waals surface area contributed by atoms with Gasteiger partial charge in [0.25, 0.3) is 0 Å². The van der Waals surface area contributed by atoms with Gasteiger partial charge in [0, 0.05) is 17.5 Å². The molecule has 2 fully saturated rings. The van der Waals surface area contributed by atoms with Crippen molar-refractivity contribution >= 4 is 17.5 Å². The second kappa shape index (κ2) is 6.51. The second-order valence-corrected chi connectivity index (χ2v) is 6.60. The van der Waals surface area contributed by atoms with Crippen LogP contribution in [0.3, 0.4) is 0 Å². The van der Waals surface area contributed by atoms with Crippen LogP contribution in [-0.2, 0) is 9.59 Å². The first kappa shape index (κ1) is 15.1. The Bertz CT molecular complexity index is 543. The van der Waals surface area contributed by atoms with E-state index in [1.807, 2.05) is 31.2 Å². The third-order valence-corrected chi connectivity index (χ3v) is 4.71. The summed E-state index contributed by atoms with van der Waals surface area (Å²) in [5.74, 6) is 0.704. The van der Waals surface area contributed by atoms with Crippen molar-refractivity contribution in [3.05, 3.63) is 29.8 Å². The zero-order valence-corrected chi connectivity index (χ0v) is 13.1. The van der Waals surface area contributed by atoms with Gasteiger partial charge in [-0.15, -0.1) is 0 Å². The minimum atomic E-state index is 0.00119. The first-order valence-electron chi connectivity index (χ1n) is 8.34. The van der Waals surface area contributed by atoms with Gasteiger partial charge < -0.3 is 10.6 Å². The lowest BCUT2D eigenvalue weighted by atomic mass is 10.0. The van der Waals surface area contributed by atoms with E-state index in [0.717, 1.165) is 36.9 Å². The van der Waals surface area contributed by atoms with Crippen LogP contribution in [0.2, 0.25) is 0 Å². The van der Waals surface area contributed by atoms with Crippen molar-refractivity contribution in [2.45, 2.75) is 51.5 Å². The molecule has 0 saturated heterocycles. The normalized spacial score (nSPS) is 19.7. The van der Waals surface area contributed by atoms with E-state index < -0.39 is 0 Å². The number of carbonyl (C=O) groups excluding carboxylic acids is 2. The lowest BCUT2D eigenvalue weighted by Gasteiger charge is -2.17. The number of benzene rings is 1. The van der Waals surface area contributed by atoms with Crippen molar-refractivity contribution in [2.75, 3.05) is 5.32 Å². The lowest BCUT2D eigenvalue weighted by Crippen LogP contribution is -2.31. The predicted molar refractivity (Wildman–Crippen MR) is 86.3 cm³/mol. The number of hydrogen-bond acceptors (Lipinski definition) is 2. The van der Waals surface area contributed by atoms with E-state index in [0.29, 0.717) is 0 Å². The maximum Gasteiger partial charge on any atom is 0.227 e. The molecule has 22 heavy (non-hydrogen) atoms. The van der Waals surface area contributed by atoms with Gasteiger partial charge in [-0.05, 0) is 50.3 Å². The Morgan fingerprint density at radius 2 is 1.55 bits per heavy atom. The van der Waals surface area contributed by atoms with Crippen LogP contribution in [0.15, 0.2) is 24.3 Å². The van der Waals surface area contributed by atoms with E-state index in [-0.39, 0.29) is 29.7 Å². The van der Waals surface area contributed by atoms with Crippen LogP contribution in [0.5, 0.6) is 0 Å². The summed E-state index contributed by atoms with van der Waals surface area (Å²) in [6.45, 7) is 2.00. The summed E-state index contributed by atoms with van der Waals surface area (Å²) < 4.78 is 0. The molecule has 0 heterocycles.